The number of nitrogens with one attached hydrogen (secondary N) is 2. The van der Waals surface area contributed by atoms with Gasteiger partial charge in [-0.1, -0.05) is 0 Å². The van der Waals surface area contributed by atoms with Crippen LogP contribution in [-0.4, -0.2) is 29.6 Å². The van der Waals surface area contributed by atoms with Crippen molar-refractivity contribution in [1.29, 1.82) is 0 Å². The van der Waals surface area contributed by atoms with Crippen molar-refractivity contribution < 1.29 is 4.79 Å². The van der Waals surface area contributed by atoms with Crippen molar-refractivity contribution in [3.05, 3.63) is 22.4 Å². The predicted molar refractivity (Wildman–Crippen MR) is 83.0 cm³/mol. The molecular formula is C15H22BrN3O. The third kappa shape index (κ3) is 3.09. The average molecular weight is 340 g/mol. The lowest BCUT2D eigenvalue weighted by Gasteiger charge is -2.28. The van der Waals surface area contributed by atoms with Crippen LogP contribution in [0.2, 0.25) is 0 Å². The standard InChI is InChI=1S/C15H22BrN3O/c1-17-11-2-4-12(5-3-11)18-15(20)14-8-10(16)9-19(14)13-6-7-13/h8-9,11-13,17H,2-7H2,1H3,(H,18,20). The van der Waals surface area contributed by atoms with Gasteiger partial charge in [0.15, 0.2) is 0 Å². The fourth-order valence-electron chi connectivity index (χ4n) is 3.07. The number of nitrogens with zero attached hydrogens (tertiary/aromatic N) is 1. The van der Waals surface area contributed by atoms with Gasteiger partial charge in [0, 0.05) is 28.8 Å². The highest BCUT2D eigenvalue weighted by Crippen LogP contribution is 2.37. The summed E-state index contributed by atoms with van der Waals surface area (Å²) in [4.78, 5) is 12.5. The van der Waals surface area contributed by atoms with Gasteiger partial charge in [0.1, 0.15) is 5.69 Å². The van der Waals surface area contributed by atoms with Gasteiger partial charge in [-0.25, -0.2) is 0 Å². The molecule has 2 fully saturated rings. The Kier molecular flexibility index (Phi) is 4.17. The van der Waals surface area contributed by atoms with Crippen LogP contribution in [-0.2, 0) is 0 Å². The molecule has 0 aromatic carbocycles. The van der Waals surface area contributed by atoms with Gasteiger partial charge in [-0.15, -0.1) is 0 Å². The second-order valence-electron chi connectivity index (χ2n) is 5.99. The van der Waals surface area contributed by atoms with Gasteiger partial charge in [-0.3, -0.25) is 4.79 Å². The maximum absolute atomic E-state index is 12.5. The van der Waals surface area contributed by atoms with E-state index in [9.17, 15) is 4.79 Å². The molecule has 5 heteroatoms. The highest BCUT2D eigenvalue weighted by atomic mass is 79.9. The summed E-state index contributed by atoms with van der Waals surface area (Å²) in [6, 6.07) is 3.41. The Hall–Kier alpha value is -0.810. The average Bonchev–Trinajstić information content (AvgIpc) is 3.22. The van der Waals surface area contributed by atoms with E-state index < -0.39 is 0 Å². The van der Waals surface area contributed by atoms with Crippen molar-refractivity contribution in [3.8, 4) is 0 Å². The fraction of sp³-hybridized carbons (Fsp3) is 0.667. The molecule has 0 bridgehead atoms. The van der Waals surface area contributed by atoms with Crippen LogP contribution in [0.1, 0.15) is 55.1 Å². The maximum Gasteiger partial charge on any atom is 0.268 e. The maximum atomic E-state index is 12.5. The number of carbonyl (C=O) groups is 1. The molecule has 3 rings (SSSR count). The van der Waals surface area contributed by atoms with Crippen LogP contribution in [0, 0.1) is 0 Å². The molecule has 2 aliphatic carbocycles. The SMILES string of the molecule is CNC1CCC(NC(=O)c2cc(Br)cn2C2CC2)CC1. The van der Waals surface area contributed by atoms with E-state index in [2.05, 4.69) is 31.1 Å². The van der Waals surface area contributed by atoms with Gasteiger partial charge in [0.2, 0.25) is 0 Å². The minimum absolute atomic E-state index is 0.0792. The highest BCUT2D eigenvalue weighted by Gasteiger charge is 2.29. The third-order valence-electron chi connectivity index (χ3n) is 4.46. The van der Waals surface area contributed by atoms with Gasteiger partial charge in [0.05, 0.1) is 0 Å². The first-order valence-electron chi connectivity index (χ1n) is 7.53. The van der Waals surface area contributed by atoms with E-state index in [1.54, 1.807) is 0 Å². The summed E-state index contributed by atoms with van der Waals surface area (Å²) in [6.07, 6.45) is 8.85. The van der Waals surface area contributed by atoms with Crippen LogP contribution in [0.25, 0.3) is 0 Å². The summed E-state index contributed by atoms with van der Waals surface area (Å²) in [6.45, 7) is 0. The molecule has 4 nitrogen and oxygen atoms in total. The summed E-state index contributed by atoms with van der Waals surface area (Å²) in [7, 11) is 2.02. The molecule has 1 heterocycles. The zero-order valence-corrected chi connectivity index (χ0v) is 13.4. The quantitative estimate of drug-likeness (QED) is 0.885. The zero-order chi connectivity index (χ0) is 14.1. The van der Waals surface area contributed by atoms with E-state index in [0.717, 1.165) is 35.8 Å². The summed E-state index contributed by atoms with van der Waals surface area (Å²) >= 11 is 3.48. The number of amides is 1. The van der Waals surface area contributed by atoms with Crippen LogP contribution in [0.4, 0.5) is 0 Å². The molecule has 0 saturated heterocycles. The molecule has 1 aromatic heterocycles. The number of aromatic nitrogens is 1. The minimum Gasteiger partial charge on any atom is -0.348 e. The van der Waals surface area contributed by atoms with Crippen molar-refractivity contribution in [3.63, 3.8) is 0 Å². The number of rotatable bonds is 4. The van der Waals surface area contributed by atoms with Gasteiger partial charge < -0.3 is 15.2 Å². The monoisotopic (exact) mass is 339 g/mol. The van der Waals surface area contributed by atoms with Crippen LogP contribution < -0.4 is 10.6 Å². The molecule has 110 valence electrons. The lowest BCUT2D eigenvalue weighted by atomic mass is 9.91. The molecule has 2 aliphatic rings. The molecule has 20 heavy (non-hydrogen) atoms. The first kappa shape index (κ1) is 14.1. The molecule has 0 radical (unpaired) electrons. The van der Waals surface area contributed by atoms with E-state index in [-0.39, 0.29) is 5.91 Å². The Morgan fingerprint density at radius 2 is 1.85 bits per heavy atom. The summed E-state index contributed by atoms with van der Waals surface area (Å²) < 4.78 is 3.12. The zero-order valence-electron chi connectivity index (χ0n) is 11.9. The molecule has 0 unspecified atom stereocenters. The van der Waals surface area contributed by atoms with E-state index in [4.69, 9.17) is 0 Å². The Balaban J connectivity index is 1.62. The summed E-state index contributed by atoms with van der Waals surface area (Å²) in [5.41, 5.74) is 0.801. The first-order chi connectivity index (χ1) is 9.67. The number of halogens is 1. The van der Waals surface area contributed by atoms with Crippen molar-refractivity contribution in [1.82, 2.24) is 15.2 Å². The normalized spacial score (nSPS) is 26.5. The topological polar surface area (TPSA) is 46.1 Å². The fourth-order valence-corrected chi connectivity index (χ4v) is 3.51. The molecule has 2 N–H and O–H groups in total. The van der Waals surface area contributed by atoms with Crippen molar-refractivity contribution in [2.75, 3.05) is 7.05 Å². The van der Waals surface area contributed by atoms with Gasteiger partial charge in [0.25, 0.3) is 5.91 Å². The van der Waals surface area contributed by atoms with Crippen LogP contribution in [0.3, 0.4) is 0 Å². The molecule has 0 atom stereocenters. The minimum atomic E-state index is 0.0792. The van der Waals surface area contributed by atoms with E-state index in [0.29, 0.717) is 18.1 Å². The Bertz CT molecular complexity index is 487. The van der Waals surface area contributed by atoms with Crippen molar-refractivity contribution in [2.24, 2.45) is 0 Å². The Morgan fingerprint density at radius 1 is 1.20 bits per heavy atom. The second kappa shape index (κ2) is 5.90. The molecule has 2 saturated carbocycles. The number of hydrogen-bond donors (Lipinski definition) is 2. The van der Waals surface area contributed by atoms with E-state index >= 15 is 0 Å². The highest BCUT2D eigenvalue weighted by molar-refractivity contribution is 9.10. The van der Waals surface area contributed by atoms with Crippen LogP contribution in [0.5, 0.6) is 0 Å². The number of hydrogen-bond acceptors (Lipinski definition) is 2. The number of carbonyl (C=O) groups excluding carboxylic acids is 1. The molecular weight excluding hydrogens is 318 g/mol. The Morgan fingerprint density at radius 3 is 2.45 bits per heavy atom. The molecule has 1 amide bonds. The largest absolute Gasteiger partial charge is 0.348 e. The predicted octanol–water partition coefficient (Wildman–Crippen LogP) is 2.85. The second-order valence-corrected chi connectivity index (χ2v) is 6.91. The van der Waals surface area contributed by atoms with Crippen LogP contribution in [0.15, 0.2) is 16.7 Å². The summed E-state index contributed by atoms with van der Waals surface area (Å²) in [5.74, 6) is 0.0792. The smallest absolute Gasteiger partial charge is 0.268 e. The Labute approximate surface area is 128 Å². The van der Waals surface area contributed by atoms with E-state index in [1.165, 1.54) is 12.8 Å². The van der Waals surface area contributed by atoms with Crippen molar-refractivity contribution in [2.45, 2.75) is 56.7 Å². The lowest BCUT2D eigenvalue weighted by Crippen LogP contribution is -2.41. The third-order valence-corrected chi connectivity index (χ3v) is 4.89. The molecule has 1 aromatic rings. The molecule has 0 spiro atoms. The van der Waals surface area contributed by atoms with E-state index in [1.807, 2.05) is 19.3 Å². The lowest BCUT2D eigenvalue weighted by molar-refractivity contribution is 0.0915. The van der Waals surface area contributed by atoms with Gasteiger partial charge in [-0.2, -0.15) is 0 Å². The molecule has 0 aliphatic heterocycles. The van der Waals surface area contributed by atoms with Gasteiger partial charge >= 0.3 is 0 Å². The van der Waals surface area contributed by atoms with Crippen molar-refractivity contribution >= 4 is 21.8 Å². The summed E-state index contributed by atoms with van der Waals surface area (Å²) in [5, 5.41) is 6.53. The van der Waals surface area contributed by atoms with Gasteiger partial charge in [-0.05, 0) is 67.6 Å². The first-order valence-corrected chi connectivity index (χ1v) is 8.32. The van der Waals surface area contributed by atoms with Crippen LogP contribution >= 0.6 is 15.9 Å².